The number of halogens is 3. The van der Waals surface area contributed by atoms with Gasteiger partial charge in [0.2, 0.25) is 0 Å². The second-order valence-corrected chi connectivity index (χ2v) is 17.6. The largest absolute Gasteiger partial charge is 0.421 e. The first-order valence-corrected chi connectivity index (χ1v) is 18.1. The van der Waals surface area contributed by atoms with Crippen molar-refractivity contribution in [1.82, 2.24) is 0 Å². The molecule has 3 fully saturated rings. The van der Waals surface area contributed by atoms with E-state index in [-0.39, 0.29) is 33.6 Å². The second-order valence-electron chi connectivity index (χ2n) is 15.4. The summed E-state index contributed by atoms with van der Waals surface area (Å²) in [6, 6.07) is 14.6. The number of hydrogen-bond donors (Lipinski definition) is 2. The summed E-state index contributed by atoms with van der Waals surface area (Å²) in [5.41, 5.74) is -3.10. The van der Waals surface area contributed by atoms with E-state index in [1.54, 1.807) is 24.3 Å². The molecule has 4 aliphatic rings. The standard InChI is InChI=1S/C37H47F3O4S/c1-33(41)20-21-35(3)27(23-33)14-16-30-31-17-15-26(34(31,2)19-18-32(30)35)22-29(45(43,44)28-12-8-5-9-13-28)24-36(42,37(38,39)40)25-10-6-4-7-11-25/h4-14,26,29-32,41-42H,15-24H2,1-3H3/t26?,29?,30?,31?,32?,33-,34?,35?,36?/m0/s1. The highest BCUT2D eigenvalue weighted by Crippen LogP contribution is 2.67. The molecule has 246 valence electrons. The molecule has 9 atom stereocenters. The molecule has 0 amide bonds. The molecule has 4 aliphatic carbocycles. The maximum atomic E-state index is 14.7. The fourth-order valence-electron chi connectivity index (χ4n) is 10.2. The van der Waals surface area contributed by atoms with E-state index in [1.807, 2.05) is 6.92 Å². The van der Waals surface area contributed by atoms with Crippen molar-refractivity contribution in [3.05, 3.63) is 77.9 Å². The van der Waals surface area contributed by atoms with Crippen LogP contribution in [0, 0.1) is 34.5 Å². The zero-order valence-electron chi connectivity index (χ0n) is 26.6. The predicted molar refractivity (Wildman–Crippen MR) is 169 cm³/mol. The maximum absolute atomic E-state index is 14.7. The van der Waals surface area contributed by atoms with Crippen molar-refractivity contribution >= 4 is 9.84 Å². The number of fused-ring (bicyclic) bond motifs is 5. The summed E-state index contributed by atoms with van der Waals surface area (Å²) < 4.78 is 72.6. The highest BCUT2D eigenvalue weighted by Gasteiger charge is 2.61. The number of alkyl halides is 3. The summed E-state index contributed by atoms with van der Waals surface area (Å²) >= 11 is 0. The molecule has 0 aliphatic heterocycles. The normalized spacial score (nSPS) is 37.0. The minimum absolute atomic E-state index is 0.0120. The number of aliphatic hydroxyl groups is 2. The summed E-state index contributed by atoms with van der Waals surface area (Å²) in [5.74, 6) is 1.20. The molecule has 0 radical (unpaired) electrons. The van der Waals surface area contributed by atoms with Crippen LogP contribution >= 0.6 is 0 Å². The minimum atomic E-state index is -5.06. The molecule has 6 rings (SSSR count). The number of sulfone groups is 1. The molecule has 2 aromatic carbocycles. The Morgan fingerprint density at radius 1 is 0.889 bits per heavy atom. The molecule has 0 saturated heterocycles. The SMILES string of the molecule is CC12CC[C@](C)(O)CC1=CCC1C2CCC2(C)C(CC(CC(O)(c3ccccc3)C(F)(F)F)S(=O)(=O)c3ccccc3)CCC12. The van der Waals surface area contributed by atoms with Gasteiger partial charge in [0, 0.05) is 6.42 Å². The third-order valence-electron chi connectivity index (χ3n) is 12.9. The molecule has 4 nitrogen and oxygen atoms in total. The van der Waals surface area contributed by atoms with Gasteiger partial charge in [0.25, 0.3) is 0 Å². The lowest BCUT2D eigenvalue weighted by Crippen LogP contribution is -2.52. The van der Waals surface area contributed by atoms with Crippen LogP contribution in [0.2, 0.25) is 0 Å². The van der Waals surface area contributed by atoms with Crippen LogP contribution in [0.3, 0.4) is 0 Å². The van der Waals surface area contributed by atoms with Crippen LogP contribution in [-0.4, -0.2) is 35.7 Å². The molecule has 2 N–H and O–H groups in total. The van der Waals surface area contributed by atoms with Gasteiger partial charge >= 0.3 is 6.18 Å². The van der Waals surface area contributed by atoms with E-state index in [2.05, 4.69) is 19.9 Å². The Morgan fingerprint density at radius 2 is 1.53 bits per heavy atom. The number of hydrogen-bond acceptors (Lipinski definition) is 4. The van der Waals surface area contributed by atoms with Crippen LogP contribution in [0.25, 0.3) is 0 Å². The van der Waals surface area contributed by atoms with Crippen molar-refractivity contribution in [2.75, 3.05) is 0 Å². The van der Waals surface area contributed by atoms with Gasteiger partial charge in [-0.2, -0.15) is 13.2 Å². The van der Waals surface area contributed by atoms with Crippen molar-refractivity contribution < 1.29 is 31.8 Å². The summed E-state index contributed by atoms with van der Waals surface area (Å²) in [6.45, 7) is 6.54. The van der Waals surface area contributed by atoms with Crippen LogP contribution in [0.1, 0.15) is 90.5 Å². The van der Waals surface area contributed by atoms with Gasteiger partial charge in [0.15, 0.2) is 15.4 Å². The smallest absolute Gasteiger partial charge is 0.390 e. The van der Waals surface area contributed by atoms with E-state index in [1.165, 1.54) is 42.0 Å². The van der Waals surface area contributed by atoms with Crippen molar-refractivity contribution in [3.8, 4) is 0 Å². The van der Waals surface area contributed by atoms with E-state index in [0.717, 1.165) is 44.9 Å². The topological polar surface area (TPSA) is 74.6 Å². The lowest BCUT2D eigenvalue weighted by atomic mass is 9.46. The van der Waals surface area contributed by atoms with Crippen molar-refractivity contribution in [2.24, 2.45) is 34.5 Å². The zero-order valence-corrected chi connectivity index (χ0v) is 27.4. The van der Waals surface area contributed by atoms with Gasteiger partial charge in [-0.15, -0.1) is 0 Å². The zero-order chi connectivity index (χ0) is 32.5. The minimum Gasteiger partial charge on any atom is -0.390 e. The molecular formula is C37H47F3O4S. The van der Waals surface area contributed by atoms with E-state index in [4.69, 9.17) is 0 Å². The predicted octanol–water partition coefficient (Wildman–Crippen LogP) is 8.39. The number of rotatable bonds is 7. The third-order valence-corrected chi connectivity index (χ3v) is 15.0. The molecule has 2 aromatic rings. The Morgan fingerprint density at radius 3 is 2.18 bits per heavy atom. The van der Waals surface area contributed by atoms with Gasteiger partial charge < -0.3 is 10.2 Å². The van der Waals surface area contributed by atoms with Gasteiger partial charge in [-0.1, -0.05) is 74.0 Å². The van der Waals surface area contributed by atoms with Crippen LogP contribution in [0.4, 0.5) is 13.2 Å². The Labute approximate surface area is 266 Å². The van der Waals surface area contributed by atoms with Crippen LogP contribution in [0.15, 0.2) is 77.2 Å². The van der Waals surface area contributed by atoms with Crippen LogP contribution in [0.5, 0.6) is 0 Å². The summed E-state index contributed by atoms with van der Waals surface area (Å²) in [7, 11) is -4.21. The van der Waals surface area contributed by atoms with Gasteiger partial charge in [-0.25, -0.2) is 8.42 Å². The highest BCUT2D eigenvalue weighted by molar-refractivity contribution is 7.92. The van der Waals surface area contributed by atoms with Crippen molar-refractivity contribution in [1.29, 1.82) is 0 Å². The fraction of sp³-hybridized carbons (Fsp3) is 0.622. The van der Waals surface area contributed by atoms with Crippen molar-refractivity contribution in [2.45, 2.75) is 113 Å². The summed E-state index contributed by atoms with van der Waals surface area (Å²) in [5, 5.41) is 20.8. The molecule has 8 heteroatoms. The molecule has 3 saturated carbocycles. The first-order valence-electron chi connectivity index (χ1n) is 16.6. The van der Waals surface area contributed by atoms with Gasteiger partial charge in [-0.3, -0.25) is 0 Å². The Balaban J connectivity index is 1.33. The highest BCUT2D eigenvalue weighted by atomic mass is 32.2. The van der Waals surface area contributed by atoms with Crippen LogP contribution in [-0.2, 0) is 15.4 Å². The molecule has 0 aromatic heterocycles. The lowest BCUT2D eigenvalue weighted by molar-refractivity contribution is -0.269. The third kappa shape index (κ3) is 5.50. The van der Waals surface area contributed by atoms with Gasteiger partial charge in [0.05, 0.1) is 15.7 Å². The Hall–Kier alpha value is -2.16. The Bertz CT molecular complexity index is 1520. The van der Waals surface area contributed by atoms with Gasteiger partial charge in [0.1, 0.15) is 0 Å². The molecule has 0 spiro atoms. The summed E-state index contributed by atoms with van der Waals surface area (Å²) in [4.78, 5) is -0.0120. The average molecular weight is 645 g/mol. The molecule has 8 unspecified atom stereocenters. The molecule has 0 heterocycles. The second kappa shape index (κ2) is 11.2. The van der Waals surface area contributed by atoms with Crippen LogP contribution < -0.4 is 0 Å². The maximum Gasteiger partial charge on any atom is 0.421 e. The molecule has 0 bridgehead atoms. The molecule has 45 heavy (non-hydrogen) atoms. The van der Waals surface area contributed by atoms with E-state index in [9.17, 15) is 31.8 Å². The Kier molecular flexibility index (Phi) is 8.18. The van der Waals surface area contributed by atoms with E-state index in [0.29, 0.717) is 24.2 Å². The number of benzene rings is 2. The quantitative estimate of drug-likeness (QED) is 0.297. The lowest BCUT2D eigenvalue weighted by Gasteiger charge is -2.59. The monoisotopic (exact) mass is 644 g/mol. The summed E-state index contributed by atoms with van der Waals surface area (Å²) in [6.07, 6.45) is 3.39. The van der Waals surface area contributed by atoms with Crippen molar-refractivity contribution in [3.63, 3.8) is 0 Å². The first-order chi connectivity index (χ1) is 21.0. The average Bonchev–Trinajstić information content (AvgIpc) is 3.33. The number of allylic oxidation sites excluding steroid dienone is 1. The van der Waals surface area contributed by atoms with E-state index >= 15 is 0 Å². The van der Waals surface area contributed by atoms with E-state index < -0.39 is 38.9 Å². The fourth-order valence-corrected chi connectivity index (χ4v) is 12.0. The first kappa shape index (κ1) is 32.8. The molecular weight excluding hydrogens is 597 g/mol. The van der Waals surface area contributed by atoms with Gasteiger partial charge in [-0.05, 0) is 117 Å².